The third-order valence-corrected chi connectivity index (χ3v) is 2.68. The van der Waals surface area contributed by atoms with Gasteiger partial charge in [-0.25, -0.2) is 17.9 Å². The van der Waals surface area contributed by atoms with Crippen LogP contribution >= 0.6 is 0 Å². The van der Waals surface area contributed by atoms with Crippen molar-refractivity contribution >= 4 is 15.7 Å². The molecule has 1 aromatic carbocycles. The van der Waals surface area contributed by atoms with Crippen LogP contribution in [0.4, 0.5) is 10.1 Å². The van der Waals surface area contributed by atoms with E-state index in [-0.39, 0.29) is 12.3 Å². The van der Waals surface area contributed by atoms with Gasteiger partial charge in [0.25, 0.3) is 0 Å². The fourth-order valence-electron chi connectivity index (χ4n) is 1.17. The summed E-state index contributed by atoms with van der Waals surface area (Å²) in [6.45, 7) is 1.84. The smallest absolute Gasteiger partial charge is 0.210 e. The van der Waals surface area contributed by atoms with Crippen LogP contribution in [0.15, 0.2) is 18.2 Å². The number of hydrogen-bond acceptors (Lipinski definition) is 3. The first-order valence-corrected chi connectivity index (χ1v) is 6.11. The first-order valence-electron chi connectivity index (χ1n) is 4.39. The fraction of sp³-hybridized carbons (Fsp3) is 0.333. The van der Waals surface area contributed by atoms with Gasteiger partial charge in [0.1, 0.15) is 5.82 Å². The quantitative estimate of drug-likeness (QED) is 0.807. The van der Waals surface area contributed by atoms with Crippen molar-refractivity contribution in [1.29, 1.82) is 0 Å². The molecule has 0 unspecified atom stereocenters. The van der Waals surface area contributed by atoms with Crippen molar-refractivity contribution < 1.29 is 12.8 Å². The first-order chi connectivity index (χ1) is 6.90. The van der Waals surface area contributed by atoms with E-state index >= 15 is 0 Å². The summed E-state index contributed by atoms with van der Waals surface area (Å²) in [5, 5.41) is 7.52. The Bertz CT molecular complexity index is 425. The molecule has 0 amide bonds. The zero-order valence-corrected chi connectivity index (χ0v) is 9.14. The summed E-state index contributed by atoms with van der Waals surface area (Å²) in [6.07, 6.45) is 0. The largest absolute Gasteiger partial charge is 0.381 e. The standard InChI is InChI=1S/C9H13FN2O2S/c1-7-3-2-4-8(10)9(7)12-5-6-15(11,13)14/h2-4,12H,5-6H2,1H3,(H2,11,13,14). The number of rotatable bonds is 4. The molecule has 0 radical (unpaired) electrons. The molecule has 4 nitrogen and oxygen atoms in total. The van der Waals surface area contributed by atoms with Crippen LogP contribution in [0.1, 0.15) is 5.56 Å². The number of primary sulfonamides is 1. The summed E-state index contributed by atoms with van der Waals surface area (Å²) in [4.78, 5) is 0. The zero-order chi connectivity index (χ0) is 11.5. The molecule has 0 atom stereocenters. The van der Waals surface area contributed by atoms with E-state index in [1.54, 1.807) is 19.1 Å². The van der Waals surface area contributed by atoms with Gasteiger partial charge in [-0.3, -0.25) is 0 Å². The molecule has 0 heterocycles. The van der Waals surface area contributed by atoms with E-state index < -0.39 is 15.8 Å². The highest BCUT2D eigenvalue weighted by Crippen LogP contribution is 2.17. The Morgan fingerprint density at radius 3 is 2.67 bits per heavy atom. The summed E-state index contributed by atoms with van der Waals surface area (Å²) >= 11 is 0. The molecule has 15 heavy (non-hydrogen) atoms. The molecule has 0 aliphatic carbocycles. The van der Waals surface area contributed by atoms with Gasteiger partial charge < -0.3 is 5.32 Å². The van der Waals surface area contributed by atoms with Crippen LogP contribution in [-0.2, 0) is 10.0 Å². The lowest BCUT2D eigenvalue weighted by atomic mass is 10.2. The average Bonchev–Trinajstić information content (AvgIpc) is 2.08. The number of halogens is 1. The molecular formula is C9H13FN2O2S. The highest BCUT2D eigenvalue weighted by molar-refractivity contribution is 7.89. The Morgan fingerprint density at radius 1 is 1.47 bits per heavy atom. The summed E-state index contributed by atoms with van der Waals surface area (Å²) in [7, 11) is -3.50. The zero-order valence-electron chi connectivity index (χ0n) is 8.33. The van der Waals surface area contributed by atoms with Crippen LogP contribution < -0.4 is 10.5 Å². The second kappa shape index (κ2) is 4.59. The predicted molar refractivity (Wildman–Crippen MR) is 57.6 cm³/mol. The molecule has 84 valence electrons. The van der Waals surface area contributed by atoms with Crippen LogP contribution in [0.25, 0.3) is 0 Å². The Balaban J connectivity index is 2.66. The van der Waals surface area contributed by atoms with Crippen LogP contribution in [0.5, 0.6) is 0 Å². The summed E-state index contributed by atoms with van der Waals surface area (Å²) < 4.78 is 34.5. The van der Waals surface area contributed by atoms with Crippen molar-refractivity contribution in [1.82, 2.24) is 0 Å². The second-order valence-electron chi connectivity index (χ2n) is 3.23. The average molecular weight is 232 g/mol. The van der Waals surface area contributed by atoms with Gasteiger partial charge in [0.05, 0.1) is 11.4 Å². The van der Waals surface area contributed by atoms with Crippen LogP contribution in [-0.4, -0.2) is 20.7 Å². The molecule has 0 aliphatic rings. The highest BCUT2D eigenvalue weighted by Gasteiger charge is 2.06. The van der Waals surface area contributed by atoms with E-state index in [2.05, 4.69) is 5.32 Å². The molecular weight excluding hydrogens is 219 g/mol. The van der Waals surface area contributed by atoms with Crippen molar-refractivity contribution in [3.05, 3.63) is 29.6 Å². The summed E-state index contributed by atoms with van der Waals surface area (Å²) in [5.41, 5.74) is 1.05. The van der Waals surface area contributed by atoms with Gasteiger partial charge in [-0.1, -0.05) is 12.1 Å². The van der Waals surface area contributed by atoms with E-state index in [1.165, 1.54) is 6.07 Å². The van der Waals surface area contributed by atoms with Gasteiger partial charge in [-0.2, -0.15) is 0 Å². The van der Waals surface area contributed by atoms with Crippen LogP contribution in [0.3, 0.4) is 0 Å². The monoisotopic (exact) mass is 232 g/mol. The van der Waals surface area contributed by atoms with Crippen LogP contribution in [0.2, 0.25) is 0 Å². The molecule has 0 spiro atoms. The van der Waals surface area contributed by atoms with Gasteiger partial charge >= 0.3 is 0 Å². The van der Waals surface area contributed by atoms with E-state index in [9.17, 15) is 12.8 Å². The number of nitrogens with one attached hydrogen (secondary N) is 1. The molecule has 1 aromatic rings. The Morgan fingerprint density at radius 2 is 2.13 bits per heavy atom. The predicted octanol–water partition coefficient (Wildman–Crippen LogP) is 0.835. The number of hydrogen-bond donors (Lipinski definition) is 2. The van der Waals surface area contributed by atoms with Gasteiger partial charge in [0.15, 0.2) is 0 Å². The maximum absolute atomic E-state index is 13.2. The lowest BCUT2D eigenvalue weighted by Crippen LogP contribution is -2.22. The van der Waals surface area contributed by atoms with Crippen molar-refractivity contribution in [3.8, 4) is 0 Å². The maximum atomic E-state index is 13.2. The lowest BCUT2D eigenvalue weighted by molar-refractivity contribution is 0.597. The summed E-state index contributed by atoms with van der Waals surface area (Å²) in [5.74, 6) is -0.620. The minimum atomic E-state index is -3.50. The van der Waals surface area contributed by atoms with Crippen molar-refractivity contribution in [3.63, 3.8) is 0 Å². The van der Waals surface area contributed by atoms with E-state index in [4.69, 9.17) is 5.14 Å². The minimum absolute atomic E-state index is 0.0978. The minimum Gasteiger partial charge on any atom is -0.381 e. The van der Waals surface area contributed by atoms with Crippen molar-refractivity contribution in [2.75, 3.05) is 17.6 Å². The SMILES string of the molecule is Cc1cccc(F)c1NCCS(N)(=O)=O. The van der Waals surface area contributed by atoms with Crippen LogP contribution in [0, 0.1) is 12.7 Å². The molecule has 0 fully saturated rings. The van der Waals surface area contributed by atoms with Gasteiger partial charge in [-0.05, 0) is 18.6 Å². The molecule has 1 rings (SSSR count). The van der Waals surface area contributed by atoms with E-state index in [0.717, 1.165) is 5.56 Å². The Kier molecular flexibility index (Phi) is 3.65. The molecule has 6 heteroatoms. The Hall–Kier alpha value is -1.14. The highest BCUT2D eigenvalue weighted by atomic mass is 32.2. The normalized spacial score (nSPS) is 11.4. The molecule has 0 aliphatic heterocycles. The topological polar surface area (TPSA) is 72.2 Å². The molecule has 3 N–H and O–H groups in total. The van der Waals surface area contributed by atoms with E-state index in [1.807, 2.05) is 0 Å². The third-order valence-electron chi connectivity index (χ3n) is 1.91. The van der Waals surface area contributed by atoms with Gasteiger partial charge in [-0.15, -0.1) is 0 Å². The third kappa shape index (κ3) is 3.85. The maximum Gasteiger partial charge on any atom is 0.210 e. The Labute approximate surface area is 88.3 Å². The second-order valence-corrected chi connectivity index (χ2v) is 4.96. The number of sulfonamides is 1. The number of benzene rings is 1. The molecule has 0 aromatic heterocycles. The van der Waals surface area contributed by atoms with Crippen molar-refractivity contribution in [2.45, 2.75) is 6.92 Å². The lowest BCUT2D eigenvalue weighted by Gasteiger charge is -2.09. The fourth-order valence-corrected chi connectivity index (χ4v) is 1.56. The number of para-hydroxylation sites is 1. The van der Waals surface area contributed by atoms with Gasteiger partial charge in [0, 0.05) is 6.54 Å². The molecule has 0 saturated heterocycles. The molecule has 0 saturated carbocycles. The van der Waals surface area contributed by atoms with Crippen molar-refractivity contribution in [2.24, 2.45) is 5.14 Å². The first kappa shape index (κ1) is 11.9. The number of nitrogens with two attached hydrogens (primary N) is 1. The van der Waals surface area contributed by atoms with E-state index in [0.29, 0.717) is 5.69 Å². The number of aryl methyl sites for hydroxylation is 1. The molecule has 0 bridgehead atoms. The summed E-state index contributed by atoms with van der Waals surface area (Å²) in [6, 6.07) is 4.64. The number of anilines is 1. The van der Waals surface area contributed by atoms with Gasteiger partial charge in [0.2, 0.25) is 10.0 Å².